The van der Waals surface area contributed by atoms with Crippen molar-refractivity contribution in [1.29, 1.82) is 0 Å². The maximum absolute atomic E-state index is 13.0. The minimum Gasteiger partial charge on any atom is -0.388 e. The Labute approximate surface area is 190 Å². The van der Waals surface area contributed by atoms with E-state index in [0.717, 1.165) is 10.9 Å². The summed E-state index contributed by atoms with van der Waals surface area (Å²) in [4.78, 5) is 29.2. The molecule has 2 aromatic heterocycles. The molecule has 4 N–H and O–H groups in total. The quantitative estimate of drug-likeness (QED) is 0.224. The van der Waals surface area contributed by atoms with Crippen molar-refractivity contribution >= 4 is 55.6 Å². The Bertz CT molecular complexity index is 1700. The number of aromatic nitrogens is 2. The van der Waals surface area contributed by atoms with E-state index in [1.54, 1.807) is 4.57 Å². The molecule has 9 heteroatoms. The van der Waals surface area contributed by atoms with Crippen molar-refractivity contribution in [2.45, 2.75) is 24.5 Å². The third kappa shape index (κ3) is 2.31. The summed E-state index contributed by atoms with van der Waals surface area (Å²) in [5.41, 5.74) is 2.87. The predicted octanol–water partition coefficient (Wildman–Crippen LogP) is 2.35. The summed E-state index contributed by atoms with van der Waals surface area (Å²) in [5, 5.41) is 33.7. The number of hydrogen-bond donors (Lipinski definition) is 4. The number of para-hydroxylation sites is 2. The van der Waals surface area contributed by atoms with Gasteiger partial charge in [-0.15, -0.1) is 0 Å². The molecule has 4 heterocycles. The van der Waals surface area contributed by atoms with Crippen LogP contribution in [0.15, 0.2) is 48.5 Å². The smallest absolute Gasteiger partial charge is 0.347 e. The van der Waals surface area contributed by atoms with Gasteiger partial charge in [0.05, 0.1) is 34.3 Å². The summed E-state index contributed by atoms with van der Waals surface area (Å²) in [6, 6.07) is 14.7. The van der Waals surface area contributed by atoms with Crippen LogP contribution in [0.5, 0.6) is 0 Å². The van der Waals surface area contributed by atoms with E-state index in [1.165, 1.54) is 0 Å². The van der Waals surface area contributed by atoms with Gasteiger partial charge in [-0.05, 0) is 12.1 Å². The standard InChI is InChI=1S/C25H18N2O7/c28-14-9-33-23(22(30)21(14)29)27-13-8-4-2-6-11(13)16-18-17(24(31)34-25(18)32)15-10-5-1-3-7-12(10)26-19(15)20(16)27/h1-8,14,21-23,26,28-30H,9H2/t14-,21+,22-,23?/m1/s1. The number of aliphatic hydroxyl groups excluding tert-OH is 3. The van der Waals surface area contributed by atoms with Crippen molar-refractivity contribution in [3.8, 4) is 0 Å². The normalized spacial score (nSPS) is 25.0. The van der Waals surface area contributed by atoms with Crippen LogP contribution in [0.1, 0.15) is 26.9 Å². The highest BCUT2D eigenvalue weighted by molar-refractivity contribution is 6.36. The first kappa shape index (κ1) is 19.7. The van der Waals surface area contributed by atoms with Crippen molar-refractivity contribution < 1.29 is 34.4 Å². The zero-order valence-corrected chi connectivity index (χ0v) is 17.6. The molecule has 34 heavy (non-hydrogen) atoms. The molecule has 3 aromatic carbocycles. The molecule has 9 nitrogen and oxygen atoms in total. The van der Waals surface area contributed by atoms with Crippen LogP contribution in [0.2, 0.25) is 0 Å². The number of H-pyrrole nitrogens is 1. The van der Waals surface area contributed by atoms with Gasteiger partial charge in [0.25, 0.3) is 0 Å². The lowest BCUT2D eigenvalue weighted by Crippen LogP contribution is -2.50. The number of rotatable bonds is 1. The highest BCUT2D eigenvalue weighted by Crippen LogP contribution is 2.46. The monoisotopic (exact) mass is 458 g/mol. The molecule has 2 aliphatic heterocycles. The number of cyclic esters (lactones) is 2. The second-order valence-corrected chi connectivity index (χ2v) is 8.73. The number of hydrogen-bond acceptors (Lipinski definition) is 7. The molecule has 7 rings (SSSR count). The minimum absolute atomic E-state index is 0.165. The van der Waals surface area contributed by atoms with Crippen molar-refractivity contribution in [3.63, 3.8) is 0 Å². The van der Waals surface area contributed by atoms with Gasteiger partial charge in [-0.25, -0.2) is 9.59 Å². The van der Waals surface area contributed by atoms with Gasteiger partial charge in [-0.3, -0.25) is 0 Å². The number of carbonyl (C=O) groups excluding carboxylic acids is 2. The van der Waals surface area contributed by atoms with E-state index in [4.69, 9.17) is 9.47 Å². The largest absolute Gasteiger partial charge is 0.388 e. The van der Waals surface area contributed by atoms with Crippen LogP contribution in [0.3, 0.4) is 0 Å². The number of nitrogens with one attached hydrogen (secondary N) is 1. The van der Waals surface area contributed by atoms with Gasteiger partial charge in [0, 0.05) is 27.1 Å². The van der Waals surface area contributed by atoms with Crippen LogP contribution in [0.25, 0.3) is 43.6 Å². The van der Waals surface area contributed by atoms with Crippen LogP contribution in [-0.4, -0.2) is 61.7 Å². The van der Waals surface area contributed by atoms with Crippen LogP contribution >= 0.6 is 0 Å². The number of nitrogens with zero attached hydrogens (tertiary/aromatic N) is 1. The second kappa shape index (κ2) is 6.64. The van der Waals surface area contributed by atoms with Crippen molar-refractivity contribution in [2.75, 3.05) is 6.61 Å². The third-order valence-electron chi connectivity index (χ3n) is 6.93. The van der Waals surface area contributed by atoms with Crippen molar-refractivity contribution in [2.24, 2.45) is 0 Å². The Morgan fingerprint density at radius 3 is 2.32 bits per heavy atom. The molecule has 1 fully saturated rings. The molecular formula is C25H18N2O7. The second-order valence-electron chi connectivity index (χ2n) is 8.73. The molecule has 2 aliphatic rings. The first-order valence-corrected chi connectivity index (χ1v) is 10.9. The van der Waals surface area contributed by atoms with Crippen LogP contribution in [0.4, 0.5) is 0 Å². The summed E-state index contributed by atoms with van der Waals surface area (Å²) in [6.45, 7) is -0.182. The number of aromatic amines is 1. The van der Waals surface area contributed by atoms with Crippen molar-refractivity contribution in [1.82, 2.24) is 9.55 Å². The number of ether oxygens (including phenoxy) is 2. The predicted molar refractivity (Wildman–Crippen MR) is 122 cm³/mol. The first-order chi connectivity index (χ1) is 16.5. The Balaban J connectivity index is 1.73. The van der Waals surface area contributed by atoms with E-state index in [2.05, 4.69) is 4.98 Å². The van der Waals surface area contributed by atoms with E-state index in [1.807, 2.05) is 48.5 Å². The molecule has 0 amide bonds. The van der Waals surface area contributed by atoms with E-state index in [0.29, 0.717) is 32.7 Å². The van der Waals surface area contributed by atoms with E-state index < -0.39 is 36.5 Å². The van der Waals surface area contributed by atoms with Gasteiger partial charge in [0.15, 0.2) is 6.23 Å². The summed E-state index contributed by atoms with van der Waals surface area (Å²) in [7, 11) is 0. The molecule has 1 unspecified atom stereocenters. The Morgan fingerprint density at radius 2 is 1.53 bits per heavy atom. The topological polar surface area (TPSA) is 134 Å². The van der Waals surface area contributed by atoms with Gasteiger partial charge in [0.1, 0.15) is 18.3 Å². The molecule has 0 saturated carbocycles. The number of fused-ring (bicyclic) bond motifs is 10. The maximum atomic E-state index is 13.0. The highest BCUT2D eigenvalue weighted by atomic mass is 16.6. The van der Waals surface area contributed by atoms with Gasteiger partial charge in [0.2, 0.25) is 0 Å². The van der Waals surface area contributed by atoms with Gasteiger partial charge in [-0.1, -0.05) is 36.4 Å². The fourth-order valence-corrected chi connectivity index (χ4v) is 5.47. The summed E-state index contributed by atoms with van der Waals surface area (Å²) < 4.78 is 12.6. The molecule has 1 saturated heterocycles. The first-order valence-electron chi connectivity index (χ1n) is 10.9. The van der Waals surface area contributed by atoms with Gasteiger partial charge < -0.3 is 34.3 Å². The number of esters is 2. The van der Waals surface area contributed by atoms with Crippen LogP contribution < -0.4 is 0 Å². The zero-order valence-electron chi connectivity index (χ0n) is 17.6. The minimum atomic E-state index is -1.44. The van der Waals surface area contributed by atoms with Crippen LogP contribution in [0, 0.1) is 0 Å². The molecule has 5 aromatic rings. The fourth-order valence-electron chi connectivity index (χ4n) is 5.47. The molecule has 4 atom stereocenters. The number of carbonyl (C=O) groups is 2. The Kier molecular flexibility index (Phi) is 3.85. The average molecular weight is 458 g/mol. The lowest BCUT2D eigenvalue weighted by Gasteiger charge is -2.36. The molecule has 0 bridgehead atoms. The zero-order chi connectivity index (χ0) is 23.3. The average Bonchev–Trinajstić information content (AvgIpc) is 3.47. The van der Waals surface area contributed by atoms with E-state index >= 15 is 0 Å². The van der Waals surface area contributed by atoms with Crippen molar-refractivity contribution in [3.05, 3.63) is 59.7 Å². The molecule has 0 radical (unpaired) electrons. The number of benzene rings is 3. The lowest BCUT2D eigenvalue weighted by molar-refractivity contribution is -0.208. The summed E-state index contributed by atoms with van der Waals surface area (Å²) in [5.74, 6) is -1.44. The summed E-state index contributed by atoms with van der Waals surface area (Å²) in [6.07, 6.45) is -5.15. The summed E-state index contributed by atoms with van der Waals surface area (Å²) >= 11 is 0. The molecule has 0 aliphatic carbocycles. The SMILES string of the molecule is O=C1OC(=O)c2c1c1c3ccccc3[nH]c1c1c2c2ccccc2n1C1OC[C@@H](O)[C@H](O)[C@H]1O. The van der Waals surface area contributed by atoms with E-state index in [-0.39, 0.29) is 17.7 Å². The Morgan fingerprint density at radius 1 is 0.853 bits per heavy atom. The highest BCUT2D eigenvalue weighted by Gasteiger charge is 2.42. The third-order valence-corrected chi connectivity index (χ3v) is 6.93. The maximum Gasteiger partial charge on any atom is 0.347 e. The van der Waals surface area contributed by atoms with E-state index in [9.17, 15) is 24.9 Å². The fraction of sp³-hybridized carbons (Fsp3) is 0.200. The molecular weight excluding hydrogens is 440 g/mol. The molecule has 0 spiro atoms. The Hall–Kier alpha value is -3.76. The van der Waals surface area contributed by atoms with Gasteiger partial charge in [-0.2, -0.15) is 0 Å². The lowest BCUT2D eigenvalue weighted by atomic mass is 9.96. The number of aliphatic hydroxyl groups is 3. The molecule has 170 valence electrons. The van der Waals surface area contributed by atoms with Crippen LogP contribution in [-0.2, 0) is 9.47 Å². The van der Waals surface area contributed by atoms with Gasteiger partial charge >= 0.3 is 11.9 Å².